The predicted molar refractivity (Wildman–Crippen MR) is 117 cm³/mol. The molecule has 0 aliphatic rings. The van der Waals surface area contributed by atoms with Crippen LogP contribution in [0.2, 0.25) is 0 Å². The fourth-order valence-corrected chi connectivity index (χ4v) is 2.82. The van der Waals surface area contributed by atoms with E-state index in [-0.39, 0.29) is 11.7 Å². The summed E-state index contributed by atoms with van der Waals surface area (Å²) in [6, 6.07) is 23.0. The van der Waals surface area contributed by atoms with E-state index in [0.717, 1.165) is 0 Å². The molecule has 0 heterocycles. The van der Waals surface area contributed by atoms with Gasteiger partial charge >= 0.3 is 0 Å². The van der Waals surface area contributed by atoms with E-state index in [1.165, 1.54) is 6.92 Å². The van der Waals surface area contributed by atoms with Crippen molar-refractivity contribution in [3.8, 4) is 23.3 Å². The number of Topliss-reactive ketones (excluding diaryl/α,β-unsaturated/α-hetero) is 1. The highest BCUT2D eigenvalue weighted by Crippen LogP contribution is 2.24. The maximum absolute atomic E-state index is 12.1. The molecular weight excluding hydrogens is 392 g/mol. The highest BCUT2D eigenvalue weighted by atomic mass is 16.5. The minimum atomic E-state index is -0.114. The van der Waals surface area contributed by atoms with Crippen molar-refractivity contribution < 1.29 is 19.1 Å². The molecule has 0 saturated carbocycles. The van der Waals surface area contributed by atoms with Gasteiger partial charge in [0.25, 0.3) is 0 Å². The Morgan fingerprint density at radius 1 is 0.935 bits per heavy atom. The quantitative estimate of drug-likeness (QED) is 0.377. The lowest BCUT2D eigenvalue weighted by Gasteiger charge is -2.09. The molecule has 0 radical (unpaired) electrons. The molecule has 0 aliphatic heterocycles. The van der Waals surface area contributed by atoms with Gasteiger partial charge in [0, 0.05) is 17.7 Å². The van der Waals surface area contributed by atoms with Crippen LogP contribution < -0.4 is 14.8 Å². The van der Waals surface area contributed by atoms with Gasteiger partial charge in [-0.15, -0.1) is 0 Å². The third kappa shape index (κ3) is 6.72. The summed E-state index contributed by atoms with van der Waals surface area (Å²) in [6.07, 6.45) is 0.859. The number of benzene rings is 3. The Kier molecular flexibility index (Phi) is 7.39. The number of carbonyl (C=O) groups excluding carboxylic acids is 2. The molecular formula is C25H22N2O4. The molecule has 6 nitrogen and oxygen atoms in total. The second-order valence-corrected chi connectivity index (χ2v) is 6.85. The fourth-order valence-electron chi connectivity index (χ4n) is 2.82. The van der Waals surface area contributed by atoms with Gasteiger partial charge in [-0.1, -0.05) is 18.2 Å². The van der Waals surface area contributed by atoms with E-state index in [9.17, 15) is 9.59 Å². The zero-order valence-corrected chi connectivity index (χ0v) is 17.1. The summed E-state index contributed by atoms with van der Waals surface area (Å²) in [5.74, 6) is 1.66. The summed E-state index contributed by atoms with van der Waals surface area (Å²) in [7, 11) is 0. The van der Waals surface area contributed by atoms with Crippen molar-refractivity contribution in [2.24, 2.45) is 0 Å². The van der Waals surface area contributed by atoms with Crippen LogP contribution in [0, 0.1) is 11.3 Å². The van der Waals surface area contributed by atoms with E-state index in [1.807, 2.05) is 0 Å². The molecule has 0 fully saturated rings. The number of nitriles is 1. The summed E-state index contributed by atoms with van der Waals surface area (Å²) < 4.78 is 11.3. The Bertz CT molecular complexity index is 1100. The number of hydrogen-bond acceptors (Lipinski definition) is 5. The van der Waals surface area contributed by atoms with Gasteiger partial charge in [-0.3, -0.25) is 9.59 Å². The molecule has 3 rings (SSSR count). The Labute approximate surface area is 181 Å². The lowest BCUT2D eigenvalue weighted by molar-refractivity contribution is -0.116. The van der Waals surface area contributed by atoms with Gasteiger partial charge in [0.1, 0.15) is 17.2 Å². The first kappa shape index (κ1) is 21.6. The summed E-state index contributed by atoms with van der Waals surface area (Å²) in [4.78, 5) is 23.5. The molecule has 0 spiro atoms. The van der Waals surface area contributed by atoms with E-state index in [1.54, 1.807) is 72.8 Å². The Balaban J connectivity index is 1.42. The number of nitrogens with zero attached hydrogens (tertiary/aromatic N) is 1. The van der Waals surface area contributed by atoms with Gasteiger partial charge < -0.3 is 14.8 Å². The van der Waals surface area contributed by atoms with Crippen molar-refractivity contribution in [2.75, 3.05) is 11.9 Å². The maximum atomic E-state index is 12.1. The lowest BCUT2D eigenvalue weighted by atomic mass is 10.1. The topological polar surface area (TPSA) is 88.4 Å². The first-order valence-electron chi connectivity index (χ1n) is 9.85. The average Bonchev–Trinajstić information content (AvgIpc) is 2.78. The van der Waals surface area contributed by atoms with Crippen LogP contribution in [0.15, 0.2) is 72.8 Å². The number of anilines is 1. The van der Waals surface area contributed by atoms with Crippen LogP contribution in [-0.2, 0) is 4.79 Å². The number of ketones is 1. The predicted octanol–water partition coefficient (Wildman–Crippen LogP) is 5.35. The van der Waals surface area contributed by atoms with Crippen molar-refractivity contribution in [2.45, 2.75) is 19.8 Å². The summed E-state index contributed by atoms with van der Waals surface area (Å²) in [5, 5.41) is 11.8. The molecule has 3 aromatic rings. The molecule has 31 heavy (non-hydrogen) atoms. The Morgan fingerprint density at radius 3 is 2.42 bits per heavy atom. The zero-order chi connectivity index (χ0) is 22.1. The van der Waals surface area contributed by atoms with Gasteiger partial charge in [-0.05, 0) is 67.9 Å². The number of hydrogen-bond donors (Lipinski definition) is 1. The van der Waals surface area contributed by atoms with Crippen LogP contribution >= 0.6 is 0 Å². The number of ether oxygens (including phenoxy) is 2. The monoisotopic (exact) mass is 414 g/mol. The average molecular weight is 414 g/mol. The van der Waals surface area contributed by atoms with Crippen molar-refractivity contribution >= 4 is 17.4 Å². The fraction of sp³-hybridized carbons (Fsp3) is 0.160. The van der Waals surface area contributed by atoms with Gasteiger partial charge in [-0.25, -0.2) is 0 Å². The minimum absolute atomic E-state index is 0.0167. The maximum Gasteiger partial charge on any atom is 0.224 e. The molecule has 0 aliphatic carbocycles. The van der Waals surface area contributed by atoms with Crippen LogP contribution in [0.1, 0.15) is 35.7 Å². The molecule has 1 N–H and O–H groups in total. The van der Waals surface area contributed by atoms with Crippen LogP contribution in [0.5, 0.6) is 17.2 Å². The van der Waals surface area contributed by atoms with Crippen molar-refractivity contribution in [1.29, 1.82) is 5.26 Å². The number of amides is 1. The normalized spacial score (nSPS) is 10.1. The highest BCUT2D eigenvalue weighted by Gasteiger charge is 2.05. The molecule has 0 atom stereocenters. The molecule has 156 valence electrons. The van der Waals surface area contributed by atoms with Crippen LogP contribution in [0.25, 0.3) is 0 Å². The van der Waals surface area contributed by atoms with E-state index < -0.39 is 0 Å². The number of carbonyl (C=O) groups is 2. The summed E-state index contributed by atoms with van der Waals surface area (Å²) in [6.45, 7) is 1.89. The van der Waals surface area contributed by atoms with Gasteiger partial charge in [0.05, 0.1) is 18.2 Å². The molecule has 3 aromatic carbocycles. The first-order valence-corrected chi connectivity index (χ1v) is 9.85. The van der Waals surface area contributed by atoms with Crippen LogP contribution in [-0.4, -0.2) is 18.3 Å². The third-order valence-electron chi connectivity index (χ3n) is 4.39. The smallest absolute Gasteiger partial charge is 0.224 e. The summed E-state index contributed by atoms with van der Waals surface area (Å²) >= 11 is 0. The van der Waals surface area contributed by atoms with Crippen molar-refractivity contribution in [3.63, 3.8) is 0 Å². The largest absolute Gasteiger partial charge is 0.494 e. The molecule has 1 amide bonds. The molecule has 0 aromatic heterocycles. The highest BCUT2D eigenvalue weighted by molar-refractivity contribution is 5.94. The standard InChI is InChI=1S/C25H22N2O4/c1-18(28)20-6-3-7-23(16-20)30-14-4-9-25(29)27-21-10-12-22(13-11-21)31-24-8-2-5-19(15-24)17-26/h2-3,5-8,10-13,15-16H,4,9,14H2,1H3,(H,27,29). The summed E-state index contributed by atoms with van der Waals surface area (Å²) in [5.41, 5.74) is 1.79. The zero-order valence-electron chi connectivity index (χ0n) is 17.1. The van der Waals surface area contributed by atoms with Gasteiger partial charge in [0.2, 0.25) is 5.91 Å². The number of nitrogens with one attached hydrogen (secondary N) is 1. The second-order valence-electron chi connectivity index (χ2n) is 6.85. The molecule has 0 unspecified atom stereocenters. The van der Waals surface area contributed by atoms with Crippen LogP contribution in [0.4, 0.5) is 5.69 Å². The van der Waals surface area contributed by atoms with Crippen molar-refractivity contribution in [1.82, 2.24) is 0 Å². The lowest BCUT2D eigenvalue weighted by Crippen LogP contribution is -2.12. The van der Waals surface area contributed by atoms with Gasteiger partial charge in [-0.2, -0.15) is 5.26 Å². The SMILES string of the molecule is CC(=O)c1cccc(OCCCC(=O)Nc2ccc(Oc3cccc(C#N)c3)cc2)c1. The minimum Gasteiger partial charge on any atom is -0.494 e. The Morgan fingerprint density at radius 2 is 1.68 bits per heavy atom. The van der Waals surface area contributed by atoms with E-state index in [4.69, 9.17) is 14.7 Å². The second kappa shape index (κ2) is 10.6. The van der Waals surface area contributed by atoms with E-state index in [2.05, 4.69) is 11.4 Å². The first-order chi connectivity index (χ1) is 15.0. The van der Waals surface area contributed by atoms with Crippen molar-refractivity contribution in [3.05, 3.63) is 83.9 Å². The molecule has 0 bridgehead atoms. The Hall–Kier alpha value is -4.11. The van der Waals surface area contributed by atoms with E-state index in [0.29, 0.717) is 53.5 Å². The van der Waals surface area contributed by atoms with E-state index >= 15 is 0 Å². The molecule has 0 saturated heterocycles. The number of rotatable bonds is 9. The third-order valence-corrected chi connectivity index (χ3v) is 4.39. The molecule has 6 heteroatoms. The van der Waals surface area contributed by atoms with Crippen LogP contribution in [0.3, 0.4) is 0 Å². The van der Waals surface area contributed by atoms with Gasteiger partial charge in [0.15, 0.2) is 5.78 Å².